The molecule has 0 saturated carbocycles. The van der Waals surface area contributed by atoms with Crippen molar-refractivity contribution in [3.8, 4) is 11.3 Å². The van der Waals surface area contributed by atoms with Gasteiger partial charge in [0.25, 0.3) is 11.8 Å². The maximum absolute atomic E-state index is 12.2. The first-order chi connectivity index (χ1) is 12.5. The van der Waals surface area contributed by atoms with Crippen LogP contribution in [-0.2, 0) is 4.84 Å². The summed E-state index contributed by atoms with van der Waals surface area (Å²) in [5.74, 6) is -2.67. The van der Waals surface area contributed by atoms with E-state index < -0.39 is 17.8 Å². The number of hydroxylamine groups is 2. The molecule has 1 aromatic heterocycles. The number of carbonyl (C=O) groups excluding carboxylic acids is 3. The molecule has 1 aliphatic heterocycles. The molecule has 0 atom stereocenters. The first-order valence-electron chi connectivity index (χ1n) is 7.47. The third-order valence-electron chi connectivity index (χ3n) is 3.78. The van der Waals surface area contributed by atoms with Gasteiger partial charge in [0.2, 0.25) is 5.76 Å². The zero-order chi connectivity index (χ0) is 18.3. The van der Waals surface area contributed by atoms with Crippen molar-refractivity contribution >= 4 is 29.4 Å². The zero-order valence-corrected chi connectivity index (χ0v) is 13.8. The Morgan fingerprint density at radius 1 is 1.00 bits per heavy atom. The molecule has 4 rings (SSSR count). The number of halogens is 1. The van der Waals surface area contributed by atoms with Crippen molar-refractivity contribution in [3.63, 3.8) is 0 Å². The number of nitrogens with zero attached hydrogens (tertiary/aromatic N) is 2. The van der Waals surface area contributed by atoms with Crippen molar-refractivity contribution < 1.29 is 23.7 Å². The molecule has 0 fully saturated rings. The number of hydrogen-bond acceptors (Lipinski definition) is 6. The van der Waals surface area contributed by atoms with Gasteiger partial charge in [0, 0.05) is 16.7 Å². The number of hydrogen-bond donors (Lipinski definition) is 0. The van der Waals surface area contributed by atoms with E-state index in [2.05, 4.69) is 5.16 Å². The van der Waals surface area contributed by atoms with Crippen molar-refractivity contribution in [2.24, 2.45) is 0 Å². The molecule has 8 heteroatoms. The lowest BCUT2D eigenvalue weighted by atomic mass is 10.1. The second-order valence-corrected chi connectivity index (χ2v) is 5.85. The Balaban J connectivity index is 1.54. The van der Waals surface area contributed by atoms with E-state index in [1.807, 2.05) is 0 Å². The predicted molar refractivity (Wildman–Crippen MR) is 89.3 cm³/mol. The molecule has 128 valence electrons. The molecule has 2 heterocycles. The molecular formula is C18H9ClN2O5. The maximum atomic E-state index is 12.2. The van der Waals surface area contributed by atoms with Crippen molar-refractivity contribution in [2.45, 2.75) is 0 Å². The van der Waals surface area contributed by atoms with E-state index in [1.165, 1.54) is 18.2 Å². The van der Waals surface area contributed by atoms with Gasteiger partial charge in [0.1, 0.15) is 5.69 Å². The molecule has 2 aromatic carbocycles. The highest BCUT2D eigenvalue weighted by Gasteiger charge is 2.39. The SMILES string of the molecule is O=C(ON1C(=O)c2ccccc2C1=O)c1cc(-c2ccc(Cl)cc2)no1. The van der Waals surface area contributed by atoms with Gasteiger partial charge in [-0.3, -0.25) is 9.59 Å². The number of rotatable bonds is 3. The lowest BCUT2D eigenvalue weighted by Crippen LogP contribution is -2.32. The smallest absolute Gasteiger partial charge is 0.348 e. The minimum absolute atomic E-state index is 0.171. The Bertz CT molecular complexity index is 1010. The highest BCUT2D eigenvalue weighted by molar-refractivity contribution is 6.30. The zero-order valence-electron chi connectivity index (χ0n) is 13.0. The summed E-state index contributed by atoms with van der Waals surface area (Å²) < 4.78 is 4.96. The topological polar surface area (TPSA) is 89.7 Å². The average molecular weight is 369 g/mol. The van der Waals surface area contributed by atoms with Gasteiger partial charge in [-0.05, 0) is 24.3 Å². The molecule has 2 amide bonds. The van der Waals surface area contributed by atoms with Crippen LogP contribution in [0.1, 0.15) is 31.3 Å². The molecule has 7 nitrogen and oxygen atoms in total. The summed E-state index contributed by atoms with van der Waals surface area (Å²) in [7, 11) is 0. The molecule has 0 saturated heterocycles. The van der Waals surface area contributed by atoms with Gasteiger partial charge in [-0.15, -0.1) is 0 Å². The van der Waals surface area contributed by atoms with Crippen molar-refractivity contribution in [3.05, 3.63) is 76.5 Å². The molecule has 26 heavy (non-hydrogen) atoms. The van der Waals surface area contributed by atoms with Gasteiger partial charge in [0.05, 0.1) is 11.1 Å². The minimum Gasteiger partial charge on any atom is -0.348 e. The lowest BCUT2D eigenvalue weighted by molar-refractivity contribution is -0.0607. The van der Waals surface area contributed by atoms with E-state index in [1.54, 1.807) is 36.4 Å². The van der Waals surface area contributed by atoms with E-state index in [9.17, 15) is 14.4 Å². The van der Waals surface area contributed by atoms with Gasteiger partial charge < -0.3 is 9.36 Å². The highest BCUT2D eigenvalue weighted by atomic mass is 35.5. The number of fused-ring (bicyclic) bond motifs is 1. The fourth-order valence-corrected chi connectivity index (χ4v) is 2.63. The summed E-state index contributed by atoms with van der Waals surface area (Å²) in [6, 6.07) is 14.3. The largest absolute Gasteiger partial charge is 0.401 e. The molecule has 0 N–H and O–H groups in total. The van der Waals surface area contributed by atoms with E-state index in [0.29, 0.717) is 21.3 Å². The second-order valence-electron chi connectivity index (χ2n) is 5.41. The van der Waals surface area contributed by atoms with E-state index in [4.69, 9.17) is 21.0 Å². The molecule has 0 aliphatic carbocycles. The van der Waals surface area contributed by atoms with Crippen LogP contribution >= 0.6 is 11.6 Å². The third-order valence-corrected chi connectivity index (χ3v) is 4.03. The first-order valence-corrected chi connectivity index (χ1v) is 7.85. The van der Waals surface area contributed by atoms with Gasteiger partial charge in [0.15, 0.2) is 0 Å². The highest BCUT2D eigenvalue weighted by Crippen LogP contribution is 2.25. The van der Waals surface area contributed by atoms with Crippen LogP contribution < -0.4 is 0 Å². The molecule has 1 aliphatic rings. The van der Waals surface area contributed by atoms with Gasteiger partial charge in [-0.25, -0.2) is 4.79 Å². The van der Waals surface area contributed by atoms with Gasteiger partial charge in [-0.2, -0.15) is 0 Å². The number of benzene rings is 2. The van der Waals surface area contributed by atoms with E-state index in [-0.39, 0.29) is 16.9 Å². The molecule has 3 aromatic rings. The van der Waals surface area contributed by atoms with Crippen LogP contribution in [0.5, 0.6) is 0 Å². The van der Waals surface area contributed by atoms with Crippen LogP contribution in [0.4, 0.5) is 0 Å². The molecule has 0 unspecified atom stereocenters. The second kappa shape index (κ2) is 6.12. The Kier molecular flexibility index (Phi) is 3.78. The van der Waals surface area contributed by atoms with Crippen molar-refractivity contribution in [1.29, 1.82) is 0 Å². The van der Waals surface area contributed by atoms with E-state index >= 15 is 0 Å². The lowest BCUT2D eigenvalue weighted by Gasteiger charge is -2.10. The van der Waals surface area contributed by atoms with E-state index in [0.717, 1.165) is 0 Å². The molecular weight excluding hydrogens is 360 g/mol. The molecule has 0 spiro atoms. The number of carbonyl (C=O) groups is 3. The quantitative estimate of drug-likeness (QED) is 0.658. The van der Waals surface area contributed by atoms with Crippen molar-refractivity contribution in [1.82, 2.24) is 10.2 Å². The van der Waals surface area contributed by atoms with Crippen molar-refractivity contribution in [2.75, 3.05) is 0 Å². The Morgan fingerprint density at radius 3 is 2.23 bits per heavy atom. The number of aromatic nitrogens is 1. The third kappa shape index (κ3) is 2.64. The Labute approximate surface area is 151 Å². The minimum atomic E-state index is -1.01. The van der Waals surface area contributed by atoms with Gasteiger partial charge >= 0.3 is 5.97 Å². The van der Waals surface area contributed by atoms with Gasteiger partial charge in [-0.1, -0.05) is 46.1 Å². The fourth-order valence-electron chi connectivity index (χ4n) is 2.51. The van der Waals surface area contributed by atoms with Crippen LogP contribution in [0.2, 0.25) is 5.02 Å². The monoisotopic (exact) mass is 368 g/mol. The summed E-state index contributed by atoms with van der Waals surface area (Å²) in [5, 5.41) is 4.75. The summed E-state index contributed by atoms with van der Waals surface area (Å²) in [5.41, 5.74) is 1.41. The summed E-state index contributed by atoms with van der Waals surface area (Å²) in [6.45, 7) is 0. The molecule has 0 bridgehead atoms. The summed E-state index contributed by atoms with van der Waals surface area (Å²) in [4.78, 5) is 41.5. The van der Waals surface area contributed by atoms with Crippen LogP contribution in [-0.4, -0.2) is 28.0 Å². The average Bonchev–Trinajstić information content (AvgIpc) is 3.23. The predicted octanol–water partition coefficient (Wildman–Crippen LogP) is 3.36. The Hall–Kier alpha value is -3.45. The standard InChI is InChI=1S/C18H9ClN2O5/c19-11-7-5-10(6-8-11)14-9-15(25-20-14)18(24)26-21-16(22)12-3-1-2-4-13(12)17(21)23/h1-9H. The molecule has 0 radical (unpaired) electrons. The normalized spacial score (nSPS) is 13.0. The van der Waals surface area contributed by atoms with Crippen LogP contribution in [0.3, 0.4) is 0 Å². The number of amides is 2. The Morgan fingerprint density at radius 2 is 1.62 bits per heavy atom. The maximum Gasteiger partial charge on any atom is 0.401 e. The summed E-state index contributed by atoms with van der Waals surface area (Å²) in [6.07, 6.45) is 0. The fraction of sp³-hybridized carbons (Fsp3) is 0. The first kappa shape index (κ1) is 16.0. The summed E-state index contributed by atoms with van der Waals surface area (Å²) >= 11 is 5.83. The van der Waals surface area contributed by atoms with Crippen LogP contribution in [0.15, 0.2) is 59.1 Å². The van der Waals surface area contributed by atoms with Crippen LogP contribution in [0, 0.1) is 0 Å². The number of imide groups is 1. The van der Waals surface area contributed by atoms with Crippen LogP contribution in [0.25, 0.3) is 11.3 Å².